The van der Waals surface area contributed by atoms with Crippen molar-refractivity contribution in [2.75, 3.05) is 13.6 Å². The van der Waals surface area contributed by atoms with Gasteiger partial charge in [-0.25, -0.2) is 4.39 Å². The minimum Gasteiger partial charge on any atom is -0.488 e. The zero-order valence-electron chi connectivity index (χ0n) is 12.5. The summed E-state index contributed by atoms with van der Waals surface area (Å²) in [5, 5.41) is 3.17. The summed E-state index contributed by atoms with van der Waals surface area (Å²) in [6.07, 6.45) is 1.79. The SMILES string of the molecule is CNC[C@H]1CC2=C(O1)c1cc(F)ccc1Cc1ccccc12. The molecule has 0 saturated carbocycles. The Morgan fingerprint density at radius 2 is 1.95 bits per heavy atom. The molecule has 2 aromatic carbocycles. The third-order valence-electron chi connectivity index (χ3n) is 4.46. The van der Waals surface area contributed by atoms with Crippen LogP contribution in [0.15, 0.2) is 42.5 Å². The van der Waals surface area contributed by atoms with Gasteiger partial charge < -0.3 is 10.1 Å². The lowest BCUT2D eigenvalue weighted by molar-refractivity contribution is 0.190. The summed E-state index contributed by atoms with van der Waals surface area (Å²) in [6, 6.07) is 13.5. The van der Waals surface area contributed by atoms with Gasteiger partial charge in [0, 0.05) is 24.1 Å². The summed E-state index contributed by atoms with van der Waals surface area (Å²) in [5.41, 5.74) is 5.77. The maximum Gasteiger partial charge on any atom is 0.131 e. The Labute approximate surface area is 129 Å². The maximum absolute atomic E-state index is 13.8. The van der Waals surface area contributed by atoms with Crippen LogP contribution in [-0.2, 0) is 11.2 Å². The molecule has 3 heteroatoms. The number of fused-ring (bicyclic) bond motifs is 4. The predicted molar refractivity (Wildman–Crippen MR) is 85.9 cm³/mol. The van der Waals surface area contributed by atoms with Crippen molar-refractivity contribution in [1.29, 1.82) is 0 Å². The van der Waals surface area contributed by atoms with E-state index in [1.807, 2.05) is 13.1 Å². The number of rotatable bonds is 2. The summed E-state index contributed by atoms with van der Waals surface area (Å²) < 4.78 is 19.9. The zero-order chi connectivity index (χ0) is 15.1. The van der Waals surface area contributed by atoms with Gasteiger partial charge >= 0.3 is 0 Å². The molecule has 1 heterocycles. The Hall–Kier alpha value is -2.13. The molecule has 0 bridgehead atoms. The molecule has 1 N–H and O–H groups in total. The highest BCUT2D eigenvalue weighted by Crippen LogP contribution is 2.43. The zero-order valence-corrected chi connectivity index (χ0v) is 12.5. The van der Waals surface area contributed by atoms with Gasteiger partial charge in [-0.2, -0.15) is 0 Å². The molecule has 1 atom stereocenters. The van der Waals surface area contributed by atoms with Crippen molar-refractivity contribution in [2.45, 2.75) is 18.9 Å². The lowest BCUT2D eigenvalue weighted by Gasteiger charge is -2.15. The molecule has 2 nitrogen and oxygen atoms in total. The number of hydrogen-bond donors (Lipinski definition) is 1. The minimum atomic E-state index is -0.211. The summed E-state index contributed by atoms with van der Waals surface area (Å²) >= 11 is 0. The van der Waals surface area contributed by atoms with Crippen LogP contribution in [0.3, 0.4) is 0 Å². The minimum absolute atomic E-state index is 0.109. The number of halogens is 1. The fraction of sp³-hybridized carbons (Fsp3) is 0.263. The average Bonchev–Trinajstić information content (AvgIpc) is 2.89. The molecule has 0 aromatic heterocycles. The molecule has 1 aliphatic carbocycles. The van der Waals surface area contributed by atoms with Gasteiger partial charge in [-0.15, -0.1) is 0 Å². The molecule has 0 fully saturated rings. The molecule has 0 unspecified atom stereocenters. The normalized spacial score (nSPS) is 19.1. The van der Waals surface area contributed by atoms with E-state index in [2.05, 4.69) is 29.6 Å². The molecule has 2 aliphatic rings. The highest BCUT2D eigenvalue weighted by Gasteiger charge is 2.31. The molecule has 4 rings (SSSR count). The first-order chi connectivity index (χ1) is 10.8. The van der Waals surface area contributed by atoms with Crippen molar-refractivity contribution in [3.05, 3.63) is 70.5 Å². The Bertz CT molecular complexity index is 766. The predicted octanol–water partition coefficient (Wildman–Crippen LogP) is 3.61. The second-order valence-corrected chi connectivity index (χ2v) is 5.94. The topological polar surface area (TPSA) is 21.3 Å². The summed E-state index contributed by atoms with van der Waals surface area (Å²) in [6.45, 7) is 0.791. The summed E-state index contributed by atoms with van der Waals surface area (Å²) in [5.74, 6) is 0.650. The molecule has 0 radical (unpaired) electrons. The van der Waals surface area contributed by atoms with Crippen LogP contribution in [0.25, 0.3) is 11.3 Å². The molecular weight excluding hydrogens is 277 g/mol. The van der Waals surface area contributed by atoms with Crippen molar-refractivity contribution < 1.29 is 9.13 Å². The molecule has 22 heavy (non-hydrogen) atoms. The largest absolute Gasteiger partial charge is 0.488 e. The van der Waals surface area contributed by atoms with Crippen molar-refractivity contribution in [2.24, 2.45) is 0 Å². The molecular formula is C19H18FNO. The van der Waals surface area contributed by atoms with Gasteiger partial charge in [-0.05, 0) is 42.3 Å². The van der Waals surface area contributed by atoms with Crippen LogP contribution in [0.2, 0.25) is 0 Å². The van der Waals surface area contributed by atoms with Crippen molar-refractivity contribution in [3.8, 4) is 0 Å². The molecule has 1 aliphatic heterocycles. The van der Waals surface area contributed by atoms with E-state index in [0.29, 0.717) is 0 Å². The number of benzene rings is 2. The van der Waals surface area contributed by atoms with Crippen LogP contribution in [0.5, 0.6) is 0 Å². The Kier molecular flexibility index (Phi) is 3.23. The van der Waals surface area contributed by atoms with E-state index in [0.717, 1.165) is 36.3 Å². The highest BCUT2D eigenvalue weighted by molar-refractivity contribution is 5.92. The summed E-state index contributed by atoms with van der Waals surface area (Å²) in [4.78, 5) is 0. The first-order valence-corrected chi connectivity index (χ1v) is 7.67. The average molecular weight is 295 g/mol. The van der Waals surface area contributed by atoms with Gasteiger partial charge in [0.15, 0.2) is 0 Å². The van der Waals surface area contributed by atoms with Crippen LogP contribution < -0.4 is 5.32 Å². The van der Waals surface area contributed by atoms with Gasteiger partial charge in [-0.1, -0.05) is 30.3 Å². The number of nitrogens with one attached hydrogen (secondary N) is 1. The van der Waals surface area contributed by atoms with Crippen molar-refractivity contribution in [1.82, 2.24) is 5.32 Å². The van der Waals surface area contributed by atoms with Crippen molar-refractivity contribution in [3.63, 3.8) is 0 Å². The highest BCUT2D eigenvalue weighted by atomic mass is 19.1. The van der Waals surface area contributed by atoms with Crippen molar-refractivity contribution >= 4 is 11.3 Å². The van der Waals surface area contributed by atoms with Crippen LogP contribution in [0.1, 0.15) is 28.7 Å². The van der Waals surface area contributed by atoms with Gasteiger partial charge in [0.25, 0.3) is 0 Å². The summed E-state index contributed by atoms with van der Waals surface area (Å²) in [7, 11) is 1.93. The Balaban J connectivity index is 1.90. The number of hydrogen-bond acceptors (Lipinski definition) is 2. The monoisotopic (exact) mass is 295 g/mol. The van der Waals surface area contributed by atoms with Crippen LogP contribution >= 0.6 is 0 Å². The van der Waals surface area contributed by atoms with E-state index in [1.54, 1.807) is 6.07 Å². The smallest absolute Gasteiger partial charge is 0.131 e. The molecule has 112 valence electrons. The van der Waals surface area contributed by atoms with Gasteiger partial charge in [0.1, 0.15) is 17.7 Å². The first kappa shape index (κ1) is 13.5. The van der Waals surface area contributed by atoms with E-state index in [9.17, 15) is 4.39 Å². The standard InChI is InChI=1S/C19H18FNO/c1-21-11-15-10-18-16-5-3-2-4-12(16)8-13-6-7-14(20)9-17(13)19(18)22-15/h2-7,9,15,21H,8,10-11H2,1H3/t15-/m1/s1. The second-order valence-electron chi connectivity index (χ2n) is 5.94. The molecule has 0 saturated heterocycles. The van der Waals surface area contributed by atoms with E-state index >= 15 is 0 Å². The van der Waals surface area contributed by atoms with E-state index < -0.39 is 0 Å². The number of likely N-dealkylation sites (N-methyl/N-ethyl adjacent to an activating group) is 1. The van der Waals surface area contributed by atoms with Crippen LogP contribution in [0, 0.1) is 5.82 Å². The molecule has 0 spiro atoms. The molecule has 2 aromatic rings. The third-order valence-corrected chi connectivity index (χ3v) is 4.46. The lowest BCUT2D eigenvalue weighted by atomic mass is 9.95. The lowest BCUT2D eigenvalue weighted by Crippen LogP contribution is -2.23. The van der Waals surface area contributed by atoms with E-state index in [1.165, 1.54) is 22.8 Å². The van der Waals surface area contributed by atoms with Crippen LogP contribution in [0.4, 0.5) is 4.39 Å². The van der Waals surface area contributed by atoms with Gasteiger partial charge in [0.2, 0.25) is 0 Å². The van der Waals surface area contributed by atoms with Crippen LogP contribution in [-0.4, -0.2) is 19.7 Å². The van der Waals surface area contributed by atoms with E-state index in [4.69, 9.17) is 4.74 Å². The maximum atomic E-state index is 13.8. The second kappa shape index (κ2) is 5.25. The third kappa shape index (κ3) is 2.13. The molecule has 0 amide bonds. The fourth-order valence-corrected chi connectivity index (χ4v) is 3.49. The first-order valence-electron chi connectivity index (χ1n) is 7.67. The Morgan fingerprint density at radius 3 is 2.82 bits per heavy atom. The fourth-order valence-electron chi connectivity index (χ4n) is 3.49. The quantitative estimate of drug-likeness (QED) is 0.914. The number of ether oxygens (including phenoxy) is 1. The van der Waals surface area contributed by atoms with Gasteiger partial charge in [-0.3, -0.25) is 0 Å². The van der Waals surface area contributed by atoms with Gasteiger partial charge in [0.05, 0.1) is 0 Å². The Morgan fingerprint density at radius 1 is 1.14 bits per heavy atom. The van der Waals surface area contributed by atoms with E-state index in [-0.39, 0.29) is 11.9 Å².